The largest absolute Gasteiger partial charge is 0.493 e. The summed E-state index contributed by atoms with van der Waals surface area (Å²) in [7, 11) is -0.552. The van der Waals surface area contributed by atoms with E-state index in [0.29, 0.717) is 40.9 Å². The van der Waals surface area contributed by atoms with Gasteiger partial charge in [-0.1, -0.05) is 13.8 Å². The Morgan fingerprint density at radius 3 is 2.09 bits per heavy atom. The Labute approximate surface area is 140 Å². The molecule has 0 unspecified atom stereocenters. The molecule has 1 aliphatic rings. The highest BCUT2D eigenvalue weighted by Gasteiger charge is 2.33. The Kier molecular flexibility index (Phi) is 5.40. The smallest absolute Gasteiger partial charge is 0.244 e. The third kappa shape index (κ3) is 3.41. The van der Waals surface area contributed by atoms with E-state index in [9.17, 15) is 8.42 Å². The number of hydrogen-bond acceptors (Lipinski definition) is 4. The van der Waals surface area contributed by atoms with Gasteiger partial charge in [0.2, 0.25) is 10.0 Å². The lowest BCUT2D eigenvalue weighted by molar-refractivity contribution is 0.222. The van der Waals surface area contributed by atoms with Crippen molar-refractivity contribution in [1.82, 2.24) is 4.31 Å². The molecule has 2 atom stereocenters. The Bertz CT molecular complexity index is 637. The van der Waals surface area contributed by atoms with Crippen LogP contribution < -0.4 is 9.47 Å². The quantitative estimate of drug-likeness (QED) is 0.790. The second-order valence-corrected chi connectivity index (χ2v) is 8.67. The van der Waals surface area contributed by atoms with E-state index in [4.69, 9.17) is 9.47 Å². The van der Waals surface area contributed by atoms with Crippen LogP contribution >= 0.6 is 15.9 Å². The van der Waals surface area contributed by atoms with E-state index < -0.39 is 10.0 Å². The fourth-order valence-corrected chi connectivity index (χ4v) is 5.65. The molecule has 1 aromatic rings. The van der Waals surface area contributed by atoms with Gasteiger partial charge in [-0.25, -0.2) is 8.42 Å². The normalized spacial score (nSPS) is 23.3. The van der Waals surface area contributed by atoms with Gasteiger partial charge in [0, 0.05) is 23.6 Å². The Hall–Kier alpha value is -0.790. The van der Waals surface area contributed by atoms with Crippen LogP contribution in [0.2, 0.25) is 0 Å². The second-order valence-electron chi connectivity index (χ2n) is 5.91. The van der Waals surface area contributed by atoms with E-state index in [1.807, 2.05) is 0 Å². The van der Waals surface area contributed by atoms with Crippen molar-refractivity contribution in [1.29, 1.82) is 0 Å². The van der Waals surface area contributed by atoms with Crippen molar-refractivity contribution in [2.75, 3.05) is 27.3 Å². The van der Waals surface area contributed by atoms with Crippen molar-refractivity contribution >= 4 is 26.0 Å². The maximum absolute atomic E-state index is 13.0. The maximum atomic E-state index is 13.0. The highest BCUT2D eigenvalue weighted by atomic mass is 79.9. The van der Waals surface area contributed by atoms with Gasteiger partial charge in [0.05, 0.1) is 14.2 Å². The first-order chi connectivity index (χ1) is 10.3. The number of hydrogen-bond donors (Lipinski definition) is 0. The summed E-state index contributed by atoms with van der Waals surface area (Å²) < 4.78 is 38.4. The molecule has 7 heteroatoms. The summed E-state index contributed by atoms with van der Waals surface area (Å²) >= 11 is 3.34. The van der Waals surface area contributed by atoms with Gasteiger partial charge in [-0.3, -0.25) is 0 Å². The number of piperidine rings is 1. The monoisotopic (exact) mass is 391 g/mol. The first-order valence-corrected chi connectivity index (χ1v) is 9.44. The molecule has 0 aliphatic carbocycles. The number of rotatable bonds is 4. The van der Waals surface area contributed by atoms with Crippen LogP contribution in [-0.2, 0) is 10.0 Å². The van der Waals surface area contributed by atoms with E-state index in [2.05, 4.69) is 29.8 Å². The third-order valence-corrected chi connectivity index (χ3v) is 6.68. The van der Waals surface area contributed by atoms with Crippen LogP contribution in [0, 0.1) is 11.8 Å². The number of ether oxygens (including phenoxy) is 2. The van der Waals surface area contributed by atoms with Crippen molar-refractivity contribution in [2.45, 2.75) is 25.2 Å². The van der Waals surface area contributed by atoms with Gasteiger partial charge in [0.25, 0.3) is 0 Å². The van der Waals surface area contributed by atoms with Crippen LogP contribution in [0.25, 0.3) is 0 Å². The number of methoxy groups -OCH3 is 2. The van der Waals surface area contributed by atoms with Crippen molar-refractivity contribution < 1.29 is 17.9 Å². The van der Waals surface area contributed by atoms with Crippen LogP contribution in [0.15, 0.2) is 21.5 Å². The van der Waals surface area contributed by atoms with Crippen molar-refractivity contribution in [3.05, 3.63) is 16.6 Å². The summed E-state index contributed by atoms with van der Waals surface area (Å²) in [6.07, 6.45) is 1.05. The average molecular weight is 392 g/mol. The fourth-order valence-electron chi connectivity index (χ4n) is 2.97. The topological polar surface area (TPSA) is 55.8 Å². The van der Waals surface area contributed by atoms with Crippen LogP contribution in [-0.4, -0.2) is 40.0 Å². The molecule has 0 radical (unpaired) electrons. The van der Waals surface area contributed by atoms with Gasteiger partial charge in [0.1, 0.15) is 4.90 Å². The summed E-state index contributed by atoms with van der Waals surface area (Å²) in [6.45, 7) is 5.27. The summed E-state index contributed by atoms with van der Waals surface area (Å²) in [5.41, 5.74) is 0. The van der Waals surface area contributed by atoms with E-state index in [-0.39, 0.29) is 4.90 Å². The molecule has 0 spiro atoms. The van der Waals surface area contributed by atoms with Crippen LogP contribution in [0.1, 0.15) is 20.3 Å². The van der Waals surface area contributed by atoms with Gasteiger partial charge in [-0.15, -0.1) is 0 Å². The van der Waals surface area contributed by atoms with Gasteiger partial charge in [0.15, 0.2) is 11.5 Å². The van der Waals surface area contributed by atoms with Gasteiger partial charge >= 0.3 is 0 Å². The van der Waals surface area contributed by atoms with Gasteiger partial charge < -0.3 is 9.47 Å². The summed E-state index contributed by atoms with van der Waals surface area (Å²) in [5.74, 6) is 1.62. The molecular weight excluding hydrogens is 370 g/mol. The fraction of sp³-hybridized carbons (Fsp3) is 0.600. The first kappa shape index (κ1) is 17.6. The average Bonchev–Trinajstić information content (AvgIpc) is 2.45. The standard InChI is InChI=1S/C15H22BrNO4S/c1-10-5-11(2)9-17(8-10)22(18,19)15-7-14(21-4)13(20-3)6-12(15)16/h6-7,10-11H,5,8-9H2,1-4H3/t10-,11+. The molecule has 124 valence electrons. The number of benzene rings is 1. The van der Waals surface area contributed by atoms with E-state index in [1.165, 1.54) is 20.3 Å². The molecule has 0 N–H and O–H groups in total. The van der Waals surface area contributed by atoms with Crippen molar-refractivity contribution in [3.8, 4) is 11.5 Å². The molecule has 1 fully saturated rings. The van der Waals surface area contributed by atoms with E-state index >= 15 is 0 Å². The van der Waals surface area contributed by atoms with E-state index in [0.717, 1.165) is 6.42 Å². The highest BCUT2D eigenvalue weighted by molar-refractivity contribution is 9.10. The zero-order valence-corrected chi connectivity index (χ0v) is 15.7. The summed E-state index contributed by atoms with van der Waals surface area (Å²) in [4.78, 5) is 0.214. The SMILES string of the molecule is COc1cc(Br)c(S(=O)(=O)N2C[C@H](C)C[C@H](C)C2)cc1OC. The lowest BCUT2D eigenvalue weighted by Gasteiger charge is -2.34. The Balaban J connectivity index is 2.45. The molecule has 1 saturated heterocycles. The molecule has 0 aromatic heterocycles. The molecule has 1 aliphatic heterocycles. The van der Waals surface area contributed by atoms with Gasteiger partial charge in [-0.05, 0) is 40.3 Å². The zero-order valence-electron chi connectivity index (χ0n) is 13.3. The van der Waals surface area contributed by atoms with E-state index in [1.54, 1.807) is 10.4 Å². The minimum atomic E-state index is -3.57. The number of nitrogens with zero attached hydrogens (tertiary/aromatic N) is 1. The molecule has 1 heterocycles. The maximum Gasteiger partial charge on any atom is 0.244 e. The minimum Gasteiger partial charge on any atom is -0.493 e. The molecular formula is C15H22BrNO4S. The molecule has 22 heavy (non-hydrogen) atoms. The molecule has 5 nitrogen and oxygen atoms in total. The predicted octanol–water partition coefficient (Wildman–Crippen LogP) is 3.13. The molecule has 1 aromatic carbocycles. The lowest BCUT2D eigenvalue weighted by Crippen LogP contribution is -2.42. The van der Waals surface area contributed by atoms with Crippen LogP contribution in [0.3, 0.4) is 0 Å². The van der Waals surface area contributed by atoms with Crippen molar-refractivity contribution in [2.24, 2.45) is 11.8 Å². The lowest BCUT2D eigenvalue weighted by atomic mass is 9.94. The second kappa shape index (κ2) is 6.76. The van der Waals surface area contributed by atoms with Crippen molar-refractivity contribution in [3.63, 3.8) is 0 Å². The Morgan fingerprint density at radius 2 is 1.59 bits per heavy atom. The third-order valence-electron chi connectivity index (χ3n) is 3.89. The highest BCUT2D eigenvalue weighted by Crippen LogP contribution is 2.37. The molecule has 2 rings (SSSR count). The summed E-state index contributed by atoms with van der Waals surface area (Å²) in [6, 6.07) is 3.14. The number of sulfonamides is 1. The zero-order chi connectivity index (χ0) is 16.5. The van der Waals surface area contributed by atoms with Gasteiger partial charge in [-0.2, -0.15) is 4.31 Å². The molecule has 0 amide bonds. The summed E-state index contributed by atoms with van der Waals surface area (Å²) in [5, 5.41) is 0. The van der Waals surface area contributed by atoms with Crippen LogP contribution in [0.5, 0.6) is 11.5 Å². The van der Waals surface area contributed by atoms with Crippen LogP contribution in [0.4, 0.5) is 0 Å². The Morgan fingerprint density at radius 1 is 1.09 bits per heavy atom. The number of halogens is 1. The minimum absolute atomic E-state index is 0.214. The molecule has 0 saturated carbocycles. The predicted molar refractivity (Wildman–Crippen MR) is 88.9 cm³/mol. The molecule has 0 bridgehead atoms. The first-order valence-electron chi connectivity index (χ1n) is 7.21.